The van der Waals surface area contributed by atoms with Crippen LogP contribution in [0.15, 0.2) is 17.3 Å². The Bertz CT molecular complexity index is 417. The molecule has 80 valence electrons. The molecule has 1 heterocycles. The fourth-order valence-electron chi connectivity index (χ4n) is 1.38. The molecule has 1 aromatic carbocycles. The molecule has 0 amide bonds. The Morgan fingerprint density at radius 1 is 1.40 bits per heavy atom. The number of hydrogen-bond donors (Lipinski definition) is 0. The second kappa shape index (κ2) is 4.26. The molecule has 5 heteroatoms. The number of benzene rings is 1. The zero-order chi connectivity index (χ0) is 10.8. The van der Waals surface area contributed by atoms with E-state index >= 15 is 0 Å². The molecule has 0 saturated carbocycles. The highest BCUT2D eigenvalue weighted by Crippen LogP contribution is 2.35. The third kappa shape index (κ3) is 2.01. The van der Waals surface area contributed by atoms with E-state index in [4.69, 9.17) is 14.3 Å². The summed E-state index contributed by atoms with van der Waals surface area (Å²) < 4.78 is 11.6. The Hall–Kier alpha value is -0.980. The Kier molecular flexibility index (Phi) is 2.99. The van der Waals surface area contributed by atoms with Gasteiger partial charge in [-0.2, -0.15) is 0 Å². The van der Waals surface area contributed by atoms with Gasteiger partial charge < -0.3 is 14.3 Å². The maximum absolute atomic E-state index is 5.30. The lowest BCUT2D eigenvalue weighted by molar-refractivity contribution is 0.174. The second-order valence-corrected chi connectivity index (χ2v) is 4.21. The number of oxime groups is 1. The third-order valence-electron chi connectivity index (χ3n) is 2.08. The Balaban J connectivity index is 2.45. The third-order valence-corrected chi connectivity index (χ3v) is 2.97. The van der Waals surface area contributed by atoms with Gasteiger partial charge in [0, 0.05) is 9.13 Å². The summed E-state index contributed by atoms with van der Waals surface area (Å²) in [4.78, 5) is 4.74. The highest BCUT2D eigenvalue weighted by molar-refractivity contribution is 14.1. The molecule has 4 nitrogen and oxygen atoms in total. The normalized spacial score (nSPS) is 14.2. The van der Waals surface area contributed by atoms with Gasteiger partial charge in [-0.15, -0.1) is 0 Å². The first-order chi connectivity index (χ1) is 7.22. The quantitative estimate of drug-likeness (QED) is 0.477. The summed E-state index contributed by atoms with van der Waals surface area (Å²) in [5.41, 5.74) is 1.82. The summed E-state index contributed by atoms with van der Waals surface area (Å²) in [7, 11) is 1.53. The summed E-state index contributed by atoms with van der Waals surface area (Å²) in [6.45, 7) is 2.18. The van der Waals surface area contributed by atoms with E-state index < -0.39 is 0 Å². The first kappa shape index (κ1) is 10.5. The molecule has 15 heavy (non-hydrogen) atoms. The predicted molar refractivity (Wildman–Crippen MR) is 64.5 cm³/mol. The zero-order valence-corrected chi connectivity index (χ0v) is 10.6. The molecule has 1 aliphatic heterocycles. The lowest BCUT2D eigenvalue weighted by Gasteiger charge is -2.05. The van der Waals surface area contributed by atoms with Crippen LogP contribution in [0.3, 0.4) is 0 Å². The van der Waals surface area contributed by atoms with Crippen molar-refractivity contribution in [3.05, 3.63) is 21.3 Å². The number of nitrogens with zero attached hydrogens (tertiary/aromatic N) is 1. The van der Waals surface area contributed by atoms with Crippen molar-refractivity contribution in [3.8, 4) is 11.5 Å². The van der Waals surface area contributed by atoms with Crippen molar-refractivity contribution >= 4 is 28.3 Å². The molecular formula is C10H10INO3. The van der Waals surface area contributed by atoms with Crippen molar-refractivity contribution in [2.24, 2.45) is 5.16 Å². The largest absolute Gasteiger partial charge is 0.454 e. The van der Waals surface area contributed by atoms with E-state index in [2.05, 4.69) is 27.7 Å². The van der Waals surface area contributed by atoms with Crippen molar-refractivity contribution in [1.29, 1.82) is 0 Å². The van der Waals surface area contributed by atoms with Gasteiger partial charge in [0.05, 0.1) is 5.71 Å². The van der Waals surface area contributed by atoms with Gasteiger partial charge in [0.25, 0.3) is 0 Å². The summed E-state index contributed by atoms with van der Waals surface area (Å²) >= 11 is 2.24. The van der Waals surface area contributed by atoms with Gasteiger partial charge in [-0.05, 0) is 41.6 Å². The van der Waals surface area contributed by atoms with Gasteiger partial charge in [-0.3, -0.25) is 0 Å². The first-order valence-electron chi connectivity index (χ1n) is 4.39. The van der Waals surface area contributed by atoms with Gasteiger partial charge in [-0.25, -0.2) is 0 Å². The Labute approximate surface area is 101 Å². The van der Waals surface area contributed by atoms with E-state index in [1.165, 1.54) is 7.11 Å². The minimum atomic E-state index is 0.287. The molecule has 0 fully saturated rings. The van der Waals surface area contributed by atoms with Crippen LogP contribution in [0.1, 0.15) is 12.5 Å². The van der Waals surface area contributed by atoms with Gasteiger partial charge in [0.15, 0.2) is 11.5 Å². The molecule has 0 radical (unpaired) electrons. The lowest BCUT2D eigenvalue weighted by atomic mass is 10.1. The summed E-state index contributed by atoms with van der Waals surface area (Å²) in [6, 6.07) is 3.86. The molecule has 1 aromatic rings. The summed E-state index contributed by atoms with van der Waals surface area (Å²) in [5, 5.41) is 3.90. The summed E-state index contributed by atoms with van der Waals surface area (Å²) in [5.74, 6) is 1.55. The molecule has 0 N–H and O–H groups in total. The average Bonchev–Trinajstić information content (AvgIpc) is 2.63. The minimum absolute atomic E-state index is 0.287. The second-order valence-electron chi connectivity index (χ2n) is 3.04. The van der Waals surface area contributed by atoms with Crippen LogP contribution in [0.2, 0.25) is 0 Å². The fourth-order valence-corrected chi connectivity index (χ4v) is 2.21. The number of rotatable bonds is 2. The highest BCUT2D eigenvalue weighted by Gasteiger charge is 2.17. The predicted octanol–water partition coefficient (Wildman–Crippen LogP) is 2.39. The number of ether oxygens (including phenoxy) is 2. The van der Waals surface area contributed by atoms with Crippen LogP contribution >= 0.6 is 22.6 Å². The minimum Gasteiger partial charge on any atom is -0.454 e. The molecule has 0 atom stereocenters. The van der Waals surface area contributed by atoms with E-state index in [-0.39, 0.29) is 6.79 Å². The van der Waals surface area contributed by atoms with Crippen LogP contribution in [0.25, 0.3) is 0 Å². The van der Waals surface area contributed by atoms with Crippen molar-refractivity contribution in [2.45, 2.75) is 6.92 Å². The monoisotopic (exact) mass is 319 g/mol. The van der Waals surface area contributed by atoms with Crippen LogP contribution in [0.4, 0.5) is 0 Å². The maximum Gasteiger partial charge on any atom is 0.231 e. The highest BCUT2D eigenvalue weighted by atomic mass is 127. The van der Waals surface area contributed by atoms with Gasteiger partial charge >= 0.3 is 0 Å². The molecule has 0 spiro atoms. The SMILES string of the molecule is CO/N=C(/C)c1cc2c(cc1I)OCO2. The van der Waals surface area contributed by atoms with Crippen LogP contribution in [-0.2, 0) is 4.84 Å². The Morgan fingerprint density at radius 3 is 2.73 bits per heavy atom. The molecular weight excluding hydrogens is 309 g/mol. The summed E-state index contributed by atoms with van der Waals surface area (Å²) in [6.07, 6.45) is 0. The van der Waals surface area contributed by atoms with Crippen LogP contribution in [-0.4, -0.2) is 19.6 Å². The maximum atomic E-state index is 5.30. The molecule has 0 aromatic heterocycles. The van der Waals surface area contributed by atoms with Crippen LogP contribution in [0, 0.1) is 3.57 Å². The van der Waals surface area contributed by atoms with E-state index in [1.54, 1.807) is 0 Å². The fraction of sp³-hybridized carbons (Fsp3) is 0.300. The first-order valence-corrected chi connectivity index (χ1v) is 5.47. The van der Waals surface area contributed by atoms with E-state index in [0.717, 1.165) is 26.3 Å². The van der Waals surface area contributed by atoms with Crippen molar-refractivity contribution in [3.63, 3.8) is 0 Å². The average molecular weight is 319 g/mol. The van der Waals surface area contributed by atoms with Crippen molar-refractivity contribution in [2.75, 3.05) is 13.9 Å². The molecule has 2 rings (SSSR count). The molecule has 0 bridgehead atoms. The zero-order valence-electron chi connectivity index (χ0n) is 8.41. The number of halogens is 1. The molecule has 0 saturated heterocycles. The van der Waals surface area contributed by atoms with E-state index in [9.17, 15) is 0 Å². The molecule has 1 aliphatic rings. The standard InChI is InChI=1S/C10H10INO3/c1-6(12-13-2)7-3-9-10(4-8(7)11)15-5-14-9/h3-4H,5H2,1-2H3/b12-6-. The van der Waals surface area contributed by atoms with Gasteiger partial charge in [0.2, 0.25) is 6.79 Å². The lowest BCUT2D eigenvalue weighted by Crippen LogP contribution is -1.98. The molecule has 0 unspecified atom stereocenters. The smallest absolute Gasteiger partial charge is 0.231 e. The number of fused-ring (bicyclic) bond motifs is 1. The van der Waals surface area contributed by atoms with Crippen LogP contribution in [0.5, 0.6) is 11.5 Å². The van der Waals surface area contributed by atoms with Crippen molar-refractivity contribution in [1.82, 2.24) is 0 Å². The van der Waals surface area contributed by atoms with E-state index in [1.807, 2.05) is 19.1 Å². The number of hydrogen-bond acceptors (Lipinski definition) is 4. The van der Waals surface area contributed by atoms with Gasteiger partial charge in [-0.1, -0.05) is 5.16 Å². The molecule has 0 aliphatic carbocycles. The van der Waals surface area contributed by atoms with Gasteiger partial charge in [0.1, 0.15) is 7.11 Å². The van der Waals surface area contributed by atoms with Crippen molar-refractivity contribution < 1.29 is 14.3 Å². The van der Waals surface area contributed by atoms with E-state index in [0.29, 0.717) is 0 Å². The topological polar surface area (TPSA) is 40.0 Å². The Morgan fingerprint density at radius 2 is 2.07 bits per heavy atom. The van der Waals surface area contributed by atoms with Crippen LogP contribution < -0.4 is 9.47 Å².